The van der Waals surface area contributed by atoms with Crippen LogP contribution in [0.1, 0.15) is 70.5 Å². The maximum Gasteiger partial charge on any atom is 0.118 e. The molecule has 0 radical (unpaired) electrons. The van der Waals surface area contributed by atoms with E-state index in [9.17, 15) is 0 Å². The average Bonchev–Trinajstić information content (AvgIpc) is 2.75. The number of hydrogen-bond donors (Lipinski definition) is 1. The van der Waals surface area contributed by atoms with Gasteiger partial charge in [0.2, 0.25) is 0 Å². The Morgan fingerprint density at radius 1 is 1.29 bits per heavy atom. The molecule has 3 heteroatoms. The van der Waals surface area contributed by atoms with Gasteiger partial charge in [0.1, 0.15) is 11.5 Å². The molecule has 1 aliphatic carbocycles. The molecule has 0 aliphatic heterocycles. The molecule has 120 valence electrons. The Morgan fingerprint density at radius 3 is 2.67 bits per heavy atom. The van der Waals surface area contributed by atoms with E-state index in [0.29, 0.717) is 18.6 Å². The van der Waals surface area contributed by atoms with E-state index in [1.165, 1.54) is 31.2 Å². The number of ether oxygens (including phenoxy) is 1. The van der Waals surface area contributed by atoms with E-state index in [1.807, 2.05) is 6.92 Å². The Labute approximate surface area is 129 Å². The van der Waals surface area contributed by atoms with Crippen molar-refractivity contribution in [2.75, 3.05) is 0 Å². The van der Waals surface area contributed by atoms with Gasteiger partial charge in [0.25, 0.3) is 0 Å². The molecule has 1 aliphatic rings. The first kappa shape index (κ1) is 16.6. The second kappa shape index (κ2) is 6.97. The van der Waals surface area contributed by atoms with Gasteiger partial charge in [-0.15, -0.1) is 0 Å². The van der Waals surface area contributed by atoms with Gasteiger partial charge in [-0.1, -0.05) is 19.8 Å². The summed E-state index contributed by atoms with van der Waals surface area (Å²) in [5, 5.41) is 3.46. The third-order valence-corrected chi connectivity index (χ3v) is 4.35. The van der Waals surface area contributed by atoms with Crippen LogP contribution in [0.25, 0.3) is 0 Å². The summed E-state index contributed by atoms with van der Waals surface area (Å²) in [4.78, 5) is 0. The highest BCUT2D eigenvalue weighted by Crippen LogP contribution is 2.27. The number of hydrogen-bond acceptors (Lipinski definition) is 3. The second-order valence-corrected chi connectivity index (χ2v) is 7.51. The zero-order valence-corrected chi connectivity index (χ0v) is 14.3. The highest BCUT2D eigenvalue weighted by molar-refractivity contribution is 5.20. The smallest absolute Gasteiger partial charge is 0.118 e. The number of nitrogens with one attached hydrogen (secondary N) is 1. The minimum absolute atomic E-state index is 0.106. The van der Waals surface area contributed by atoms with Gasteiger partial charge in [-0.25, -0.2) is 0 Å². The lowest BCUT2D eigenvalue weighted by atomic mass is 9.88. The van der Waals surface area contributed by atoms with E-state index in [4.69, 9.17) is 9.15 Å². The van der Waals surface area contributed by atoms with Crippen LogP contribution in [0.2, 0.25) is 0 Å². The van der Waals surface area contributed by atoms with Gasteiger partial charge in [-0.2, -0.15) is 0 Å². The normalized spacial score (nSPS) is 23.5. The van der Waals surface area contributed by atoms with Gasteiger partial charge in [0.15, 0.2) is 0 Å². The predicted molar refractivity (Wildman–Crippen MR) is 86.2 cm³/mol. The third-order valence-electron chi connectivity index (χ3n) is 4.35. The summed E-state index contributed by atoms with van der Waals surface area (Å²) in [5.41, 5.74) is 1.30. The first-order chi connectivity index (χ1) is 9.85. The highest BCUT2D eigenvalue weighted by atomic mass is 16.5. The standard InChI is InChI=1S/C18H31NO2/c1-13-8-6-7-9-17(13)20-12-15-10-16(21-14(15)2)11-19-18(3,4)5/h10,13,17,19H,6-9,11-12H2,1-5H3. The molecule has 0 spiro atoms. The fraction of sp³-hybridized carbons (Fsp3) is 0.778. The summed E-state index contributed by atoms with van der Waals surface area (Å²) in [6.07, 6.45) is 5.59. The Hall–Kier alpha value is -0.800. The topological polar surface area (TPSA) is 34.4 Å². The van der Waals surface area contributed by atoms with E-state index in [0.717, 1.165) is 18.1 Å². The molecule has 0 amide bonds. The first-order valence-corrected chi connectivity index (χ1v) is 8.30. The SMILES string of the molecule is Cc1oc(CNC(C)(C)C)cc1COC1CCCCC1C. The maximum atomic E-state index is 6.14. The number of furan rings is 1. The van der Waals surface area contributed by atoms with Crippen molar-refractivity contribution < 1.29 is 9.15 Å². The predicted octanol–water partition coefficient (Wildman–Crippen LogP) is 4.57. The molecule has 1 fully saturated rings. The summed E-state index contributed by atoms with van der Waals surface area (Å²) >= 11 is 0. The largest absolute Gasteiger partial charge is 0.465 e. The monoisotopic (exact) mass is 293 g/mol. The summed E-state index contributed by atoms with van der Waals surface area (Å²) in [6.45, 7) is 12.3. The van der Waals surface area contributed by atoms with E-state index in [2.05, 4.69) is 39.1 Å². The minimum atomic E-state index is 0.106. The molecule has 0 saturated heterocycles. The van der Waals surface area contributed by atoms with Crippen molar-refractivity contribution in [3.05, 3.63) is 23.2 Å². The lowest BCUT2D eigenvalue weighted by Crippen LogP contribution is -2.34. The molecular weight excluding hydrogens is 262 g/mol. The van der Waals surface area contributed by atoms with Gasteiger partial charge in [-0.3, -0.25) is 0 Å². The van der Waals surface area contributed by atoms with Crippen LogP contribution in [-0.4, -0.2) is 11.6 Å². The van der Waals surface area contributed by atoms with Gasteiger partial charge >= 0.3 is 0 Å². The Balaban J connectivity index is 1.87. The molecule has 1 aromatic rings. The van der Waals surface area contributed by atoms with E-state index >= 15 is 0 Å². The Morgan fingerprint density at radius 2 is 2.00 bits per heavy atom. The summed E-state index contributed by atoms with van der Waals surface area (Å²) < 4.78 is 12.0. The van der Waals surface area contributed by atoms with E-state index < -0.39 is 0 Å². The fourth-order valence-corrected chi connectivity index (χ4v) is 2.90. The van der Waals surface area contributed by atoms with Gasteiger partial charge in [0, 0.05) is 11.1 Å². The quantitative estimate of drug-likeness (QED) is 0.863. The average molecular weight is 293 g/mol. The van der Waals surface area contributed by atoms with Gasteiger partial charge in [-0.05, 0) is 52.5 Å². The number of rotatable bonds is 5. The van der Waals surface area contributed by atoms with Gasteiger partial charge < -0.3 is 14.5 Å². The molecule has 1 heterocycles. The molecule has 21 heavy (non-hydrogen) atoms. The molecule has 2 atom stereocenters. The van der Waals surface area contributed by atoms with Crippen molar-refractivity contribution in [3.8, 4) is 0 Å². The summed E-state index contributed by atoms with van der Waals surface area (Å²) in [5.74, 6) is 2.68. The summed E-state index contributed by atoms with van der Waals surface area (Å²) in [7, 11) is 0. The van der Waals surface area contributed by atoms with Crippen molar-refractivity contribution in [2.45, 2.75) is 85.1 Å². The molecule has 0 bridgehead atoms. The minimum Gasteiger partial charge on any atom is -0.465 e. The van der Waals surface area contributed by atoms with Crippen molar-refractivity contribution in [3.63, 3.8) is 0 Å². The van der Waals surface area contributed by atoms with Crippen LogP contribution in [0.3, 0.4) is 0 Å². The second-order valence-electron chi connectivity index (χ2n) is 7.51. The fourth-order valence-electron chi connectivity index (χ4n) is 2.90. The molecule has 2 unspecified atom stereocenters. The Kier molecular flexibility index (Phi) is 5.50. The molecular formula is C18H31NO2. The van der Waals surface area contributed by atoms with Crippen molar-refractivity contribution in [2.24, 2.45) is 5.92 Å². The Bertz CT molecular complexity index is 445. The summed E-state index contributed by atoms with van der Waals surface area (Å²) in [6, 6.07) is 2.14. The molecule has 3 nitrogen and oxygen atoms in total. The zero-order valence-electron chi connectivity index (χ0n) is 14.3. The maximum absolute atomic E-state index is 6.14. The lowest BCUT2D eigenvalue weighted by molar-refractivity contribution is -0.0158. The molecule has 1 saturated carbocycles. The molecule has 1 aromatic heterocycles. The van der Waals surface area contributed by atoms with Crippen LogP contribution in [0.5, 0.6) is 0 Å². The zero-order chi connectivity index (χ0) is 15.5. The first-order valence-electron chi connectivity index (χ1n) is 8.30. The van der Waals surface area contributed by atoms with E-state index in [1.54, 1.807) is 0 Å². The van der Waals surface area contributed by atoms with E-state index in [-0.39, 0.29) is 5.54 Å². The van der Waals surface area contributed by atoms with Crippen LogP contribution in [0.15, 0.2) is 10.5 Å². The lowest BCUT2D eigenvalue weighted by Gasteiger charge is -2.28. The molecule has 1 N–H and O–H groups in total. The van der Waals surface area contributed by atoms with Crippen molar-refractivity contribution in [1.82, 2.24) is 5.32 Å². The number of aryl methyl sites for hydroxylation is 1. The van der Waals surface area contributed by atoms with Crippen LogP contribution in [0, 0.1) is 12.8 Å². The van der Waals surface area contributed by atoms with Crippen molar-refractivity contribution >= 4 is 0 Å². The van der Waals surface area contributed by atoms with Crippen LogP contribution < -0.4 is 5.32 Å². The third kappa shape index (κ3) is 5.15. The van der Waals surface area contributed by atoms with Crippen molar-refractivity contribution in [1.29, 1.82) is 0 Å². The van der Waals surface area contributed by atoms with Crippen LogP contribution in [-0.2, 0) is 17.9 Å². The van der Waals surface area contributed by atoms with Crippen LogP contribution in [0.4, 0.5) is 0 Å². The highest BCUT2D eigenvalue weighted by Gasteiger charge is 2.22. The van der Waals surface area contributed by atoms with Gasteiger partial charge in [0.05, 0.1) is 19.3 Å². The molecule has 2 rings (SSSR count). The van der Waals surface area contributed by atoms with Crippen LogP contribution >= 0.6 is 0 Å². The molecule has 0 aromatic carbocycles.